The number of carbonyl (C=O) groups excluding carboxylic acids is 4. The van der Waals surface area contributed by atoms with Crippen molar-refractivity contribution in [2.24, 2.45) is 5.92 Å². The monoisotopic (exact) mass is 704 g/mol. The molecule has 0 unspecified atom stereocenters. The average Bonchev–Trinajstić information content (AvgIpc) is 3.64. The maximum atomic E-state index is 12.0. The van der Waals surface area contributed by atoms with Crippen LogP contribution in [0.5, 0.6) is 11.5 Å². The van der Waals surface area contributed by atoms with E-state index >= 15 is 0 Å². The number of rotatable bonds is 23. The largest absolute Gasteiger partial charge is 0.493 e. The number of hydrogen-bond donors (Lipinski definition) is 1. The van der Waals surface area contributed by atoms with Crippen LogP contribution in [0.4, 0.5) is 0 Å². The number of hydrogen-bond acceptors (Lipinski definition) is 10. The molecule has 0 aliphatic heterocycles. The third kappa shape index (κ3) is 24.9. The summed E-state index contributed by atoms with van der Waals surface area (Å²) in [6, 6.07) is 4.58. The van der Waals surface area contributed by atoms with Gasteiger partial charge in [0, 0.05) is 25.3 Å². The summed E-state index contributed by atoms with van der Waals surface area (Å²) in [6.45, 7) is 7.22. The molecular formula is C38H60N2O10. The Morgan fingerprint density at radius 2 is 1.68 bits per heavy atom. The molecule has 0 saturated heterocycles. The quantitative estimate of drug-likeness (QED) is 0.0224. The van der Waals surface area contributed by atoms with E-state index in [0.717, 1.165) is 37.7 Å². The van der Waals surface area contributed by atoms with Crippen molar-refractivity contribution in [3.8, 4) is 11.5 Å². The summed E-state index contributed by atoms with van der Waals surface area (Å²) >= 11 is 0. The first-order valence-corrected chi connectivity index (χ1v) is 18.1. The van der Waals surface area contributed by atoms with Crippen LogP contribution in [0.3, 0.4) is 0 Å². The van der Waals surface area contributed by atoms with Crippen LogP contribution in [-0.2, 0) is 28.8 Å². The van der Waals surface area contributed by atoms with Crippen molar-refractivity contribution < 1.29 is 43.3 Å². The number of esters is 2. The highest BCUT2D eigenvalue weighted by atomic mass is 17.0. The lowest BCUT2D eigenvalue weighted by Gasteiger charge is -2.10. The first-order chi connectivity index (χ1) is 24.2. The highest BCUT2D eigenvalue weighted by molar-refractivity contribution is 5.87. The number of nitrogens with one attached hydrogen (secondary N) is 1. The maximum Gasteiger partial charge on any atom is 0.330 e. The topological polar surface area (TPSA) is 160 Å². The van der Waals surface area contributed by atoms with Crippen LogP contribution >= 0.6 is 0 Å². The molecule has 0 heterocycles. The van der Waals surface area contributed by atoms with Gasteiger partial charge in [0.2, 0.25) is 5.91 Å². The summed E-state index contributed by atoms with van der Waals surface area (Å²) < 4.78 is 15.2. The Morgan fingerprint density at radius 1 is 0.960 bits per heavy atom. The lowest BCUT2D eigenvalue weighted by molar-refractivity contribution is -0.757. The molecule has 2 rings (SSSR count). The second kappa shape index (κ2) is 30.8. The van der Waals surface area contributed by atoms with E-state index in [2.05, 4.69) is 17.1 Å². The average molecular weight is 705 g/mol. The molecule has 1 N–H and O–H groups in total. The molecule has 1 amide bonds. The zero-order valence-corrected chi connectivity index (χ0v) is 30.9. The molecule has 0 radical (unpaired) electrons. The van der Waals surface area contributed by atoms with Gasteiger partial charge in [0.1, 0.15) is 25.5 Å². The smallest absolute Gasteiger partial charge is 0.330 e. The number of unbranched alkanes of at least 4 members (excludes halogenated alkanes) is 5. The number of allylic oxidation sites excluding steroid dienone is 2. The zero-order valence-electron chi connectivity index (χ0n) is 30.9. The number of ketones is 1. The lowest BCUT2D eigenvalue weighted by atomic mass is 9.98. The van der Waals surface area contributed by atoms with Gasteiger partial charge in [-0.05, 0) is 62.3 Å². The van der Waals surface area contributed by atoms with Crippen molar-refractivity contribution in [2.45, 2.75) is 124 Å². The van der Waals surface area contributed by atoms with E-state index in [-0.39, 0.29) is 37.2 Å². The molecule has 50 heavy (non-hydrogen) atoms. The van der Waals surface area contributed by atoms with E-state index in [0.29, 0.717) is 24.2 Å². The highest BCUT2D eigenvalue weighted by Crippen LogP contribution is 2.29. The van der Waals surface area contributed by atoms with Gasteiger partial charge in [0.25, 0.3) is 5.09 Å². The first-order valence-electron chi connectivity index (χ1n) is 18.1. The maximum absolute atomic E-state index is 12.0. The van der Waals surface area contributed by atoms with E-state index in [1.165, 1.54) is 83.1 Å². The van der Waals surface area contributed by atoms with Gasteiger partial charge < -0.3 is 24.4 Å². The van der Waals surface area contributed by atoms with Gasteiger partial charge in [-0.15, -0.1) is 10.1 Å². The molecule has 1 fully saturated rings. The van der Waals surface area contributed by atoms with E-state index < -0.39 is 17.0 Å². The van der Waals surface area contributed by atoms with Crippen LogP contribution in [0.15, 0.2) is 36.4 Å². The normalized spacial score (nSPS) is 12.3. The third-order valence-electron chi connectivity index (χ3n) is 7.65. The Balaban J connectivity index is 0.00000111. The molecule has 1 saturated carbocycles. The van der Waals surface area contributed by atoms with Crippen LogP contribution in [-0.4, -0.2) is 55.6 Å². The summed E-state index contributed by atoms with van der Waals surface area (Å²) in [4.78, 5) is 61.0. The van der Waals surface area contributed by atoms with Crippen molar-refractivity contribution in [1.82, 2.24) is 5.32 Å². The minimum atomic E-state index is -0.981. The summed E-state index contributed by atoms with van der Waals surface area (Å²) in [5.41, 5.74) is 0.551. The molecule has 0 atom stereocenters. The van der Waals surface area contributed by atoms with Crippen LogP contribution in [0.1, 0.15) is 130 Å². The molecule has 1 aliphatic carbocycles. The van der Waals surface area contributed by atoms with Crippen molar-refractivity contribution in [3.05, 3.63) is 52.1 Å². The van der Waals surface area contributed by atoms with Gasteiger partial charge in [-0.2, -0.15) is 0 Å². The molecule has 1 aromatic rings. The number of methoxy groups -OCH3 is 1. The van der Waals surface area contributed by atoms with Gasteiger partial charge in [-0.1, -0.05) is 90.4 Å². The summed E-state index contributed by atoms with van der Waals surface area (Å²) in [5, 5.41) is 11.5. The van der Waals surface area contributed by atoms with Gasteiger partial charge in [-0.3, -0.25) is 9.59 Å². The Hall–Kier alpha value is -4.22. The van der Waals surface area contributed by atoms with Crippen molar-refractivity contribution in [1.29, 1.82) is 0 Å². The standard InChI is InChI=1S/C21H26N2O9.C15H28O.C2H6/c1-3-4-5-6-7-19(24)22-15-21(26)32-17-10-8-16(14-18(17)29-2)9-11-20(25)30-12-13-31-23(27)28;1-2-3-4-5-6-11-15(16)13-12-14-9-7-8-10-14;1-2/h3-4,8-11,14H,5-7,12-13,15H2,1-2H3,(H,22,24);14H,2-13H2,1H3;1-2H3/b4-3-,11-9+;;. The lowest BCUT2D eigenvalue weighted by Crippen LogP contribution is -2.31. The predicted molar refractivity (Wildman–Crippen MR) is 194 cm³/mol. The van der Waals surface area contributed by atoms with Crippen LogP contribution in [0.2, 0.25) is 0 Å². The minimum absolute atomic E-state index is 0.150. The zero-order chi connectivity index (χ0) is 37.4. The SMILES string of the molecule is C/C=C\CCCC(=O)NCC(=O)Oc1ccc(/C=C/C(=O)OCCO[N+](=O)[O-])cc1OC.CC.CCCCCCCC(=O)CCC1CCCC1. The van der Waals surface area contributed by atoms with Crippen LogP contribution in [0.25, 0.3) is 6.08 Å². The fourth-order valence-electron chi connectivity index (χ4n) is 5.02. The molecule has 0 spiro atoms. The Labute approximate surface area is 298 Å². The molecule has 1 aliphatic rings. The summed E-state index contributed by atoms with van der Waals surface area (Å²) in [7, 11) is 1.39. The van der Waals surface area contributed by atoms with Crippen molar-refractivity contribution in [2.75, 3.05) is 26.9 Å². The fourth-order valence-corrected chi connectivity index (χ4v) is 5.02. The number of amides is 1. The first kappa shape index (κ1) is 45.8. The number of carbonyl (C=O) groups is 4. The third-order valence-corrected chi connectivity index (χ3v) is 7.65. The number of nitrogens with zero attached hydrogens (tertiary/aromatic N) is 1. The highest BCUT2D eigenvalue weighted by Gasteiger charge is 2.16. The minimum Gasteiger partial charge on any atom is -0.493 e. The summed E-state index contributed by atoms with van der Waals surface area (Å²) in [5.74, 6) is 0.174. The predicted octanol–water partition coefficient (Wildman–Crippen LogP) is 8.14. The van der Waals surface area contributed by atoms with Crippen molar-refractivity contribution >= 4 is 29.7 Å². The Morgan fingerprint density at radius 3 is 2.34 bits per heavy atom. The number of Topliss-reactive ketones (excluding diaryl/α,β-unsaturated/α-hetero) is 1. The van der Waals surface area contributed by atoms with Gasteiger partial charge in [-0.25, -0.2) is 9.59 Å². The molecule has 12 nitrogen and oxygen atoms in total. The van der Waals surface area contributed by atoms with Crippen LogP contribution in [0, 0.1) is 16.0 Å². The molecule has 0 aromatic heterocycles. The van der Waals surface area contributed by atoms with Gasteiger partial charge in [0.15, 0.2) is 11.5 Å². The number of benzene rings is 1. The fraction of sp³-hybridized carbons (Fsp3) is 0.632. The second-order valence-corrected chi connectivity index (χ2v) is 11.6. The summed E-state index contributed by atoms with van der Waals surface area (Å²) in [6.07, 6.45) is 23.0. The number of ether oxygens (including phenoxy) is 3. The molecule has 12 heteroatoms. The van der Waals surface area contributed by atoms with Gasteiger partial charge in [0.05, 0.1) is 7.11 Å². The Bertz CT molecular complexity index is 1180. The molecular weight excluding hydrogens is 644 g/mol. The van der Waals surface area contributed by atoms with E-state index in [4.69, 9.17) is 14.2 Å². The molecule has 0 bridgehead atoms. The van der Waals surface area contributed by atoms with E-state index in [1.807, 2.05) is 32.9 Å². The van der Waals surface area contributed by atoms with Crippen LogP contribution < -0.4 is 14.8 Å². The molecule has 282 valence electrons. The second-order valence-electron chi connectivity index (χ2n) is 11.6. The van der Waals surface area contributed by atoms with Gasteiger partial charge >= 0.3 is 11.9 Å². The van der Waals surface area contributed by atoms with E-state index in [9.17, 15) is 29.3 Å². The van der Waals surface area contributed by atoms with Crippen molar-refractivity contribution in [3.63, 3.8) is 0 Å². The molecule has 1 aromatic carbocycles. The van der Waals surface area contributed by atoms with E-state index in [1.54, 1.807) is 6.07 Å². The Kier molecular flexibility index (Phi) is 28.2.